The number of nitrogens with one attached hydrogen (secondary N) is 2. The van der Waals surface area contributed by atoms with Crippen LogP contribution in [0.25, 0.3) is 0 Å². The van der Waals surface area contributed by atoms with Crippen molar-refractivity contribution >= 4 is 11.9 Å². The maximum absolute atomic E-state index is 10.4. The van der Waals surface area contributed by atoms with Crippen molar-refractivity contribution in [2.24, 2.45) is 0 Å². The molecule has 16 heavy (non-hydrogen) atoms. The van der Waals surface area contributed by atoms with Gasteiger partial charge in [-0.1, -0.05) is 0 Å². The van der Waals surface area contributed by atoms with Crippen molar-refractivity contribution in [3.8, 4) is 0 Å². The third kappa shape index (κ3) is 4.59. The molecule has 2 aliphatic heterocycles. The number of carbonyl (C=O) groups excluding carboxylic acids is 1. The summed E-state index contributed by atoms with van der Waals surface area (Å²) >= 11 is 0. The maximum Gasteiger partial charge on any atom is 0.326 e. The molecule has 2 saturated heterocycles. The predicted molar refractivity (Wildman–Crippen MR) is 56.9 cm³/mol. The summed E-state index contributed by atoms with van der Waals surface area (Å²) in [6, 6.07) is -0.641. The molecular weight excluding hydrogens is 212 g/mol. The third-order valence-corrected chi connectivity index (χ3v) is 2.56. The minimum atomic E-state index is -0.944. The van der Waals surface area contributed by atoms with Gasteiger partial charge in [0, 0.05) is 13.0 Å². The van der Waals surface area contributed by atoms with E-state index < -0.39 is 12.0 Å². The molecule has 0 aromatic heterocycles. The fourth-order valence-corrected chi connectivity index (χ4v) is 1.63. The van der Waals surface area contributed by atoms with Crippen LogP contribution in [0.5, 0.6) is 0 Å². The molecule has 6 nitrogen and oxygen atoms in total. The van der Waals surface area contributed by atoms with Crippen molar-refractivity contribution in [2.45, 2.75) is 37.8 Å². The van der Waals surface area contributed by atoms with Crippen molar-refractivity contribution in [3.05, 3.63) is 0 Å². The average Bonchev–Trinajstić information content (AvgIpc) is 2.67. The predicted octanol–water partition coefficient (Wildman–Crippen LogP) is -0.920. The lowest BCUT2D eigenvalue weighted by Gasteiger charge is -2.16. The Labute approximate surface area is 94.0 Å². The highest BCUT2D eigenvalue weighted by molar-refractivity contribution is 5.87. The van der Waals surface area contributed by atoms with Gasteiger partial charge in [-0.15, -0.1) is 0 Å². The number of aliphatic hydroxyl groups is 1. The van der Waals surface area contributed by atoms with E-state index in [1.54, 1.807) is 0 Å². The Morgan fingerprint density at radius 1 is 1.38 bits per heavy atom. The number of amides is 1. The molecular formula is C10H18N2O4. The van der Waals surface area contributed by atoms with E-state index in [0.29, 0.717) is 12.8 Å². The average molecular weight is 230 g/mol. The molecule has 0 unspecified atom stereocenters. The van der Waals surface area contributed by atoms with E-state index in [4.69, 9.17) is 10.2 Å². The van der Waals surface area contributed by atoms with E-state index in [2.05, 4.69) is 10.6 Å². The molecule has 0 spiro atoms. The van der Waals surface area contributed by atoms with Gasteiger partial charge in [-0.3, -0.25) is 4.79 Å². The zero-order valence-corrected chi connectivity index (χ0v) is 9.11. The molecule has 2 rings (SSSR count). The van der Waals surface area contributed by atoms with Gasteiger partial charge in [0.2, 0.25) is 5.91 Å². The van der Waals surface area contributed by atoms with E-state index in [1.165, 1.54) is 0 Å². The minimum absolute atomic E-state index is 0.0752. The van der Waals surface area contributed by atoms with Crippen molar-refractivity contribution in [1.82, 2.24) is 10.6 Å². The molecule has 4 N–H and O–H groups in total. The summed E-state index contributed by atoms with van der Waals surface area (Å²) in [5.74, 6) is -1.11. The van der Waals surface area contributed by atoms with Crippen LogP contribution in [0.1, 0.15) is 25.7 Å². The van der Waals surface area contributed by atoms with Crippen LogP contribution in [0.3, 0.4) is 0 Å². The Kier molecular flexibility index (Phi) is 5.21. The molecule has 2 fully saturated rings. The van der Waals surface area contributed by atoms with Crippen LogP contribution >= 0.6 is 0 Å². The molecule has 0 bridgehead atoms. The summed E-state index contributed by atoms with van der Waals surface area (Å²) in [5, 5.41) is 22.6. The van der Waals surface area contributed by atoms with E-state index in [-0.39, 0.29) is 12.0 Å². The van der Waals surface area contributed by atoms with Crippen molar-refractivity contribution < 1.29 is 19.8 Å². The summed E-state index contributed by atoms with van der Waals surface area (Å²) in [6.07, 6.45) is 2.80. The van der Waals surface area contributed by atoms with Crippen LogP contribution in [0.2, 0.25) is 0 Å². The van der Waals surface area contributed by atoms with Gasteiger partial charge in [0.1, 0.15) is 6.04 Å². The first-order valence-corrected chi connectivity index (χ1v) is 5.50. The lowest BCUT2D eigenvalue weighted by Crippen LogP contribution is -2.33. The number of hydrogen-bond donors (Lipinski definition) is 4. The van der Waals surface area contributed by atoms with Gasteiger partial charge in [-0.25, -0.2) is 4.79 Å². The Bertz CT molecular complexity index is 251. The Morgan fingerprint density at radius 2 is 2.12 bits per heavy atom. The normalized spacial score (nSPS) is 28.9. The number of aliphatic carboxylic acids is 1. The van der Waals surface area contributed by atoms with E-state index >= 15 is 0 Å². The number of hydrogen-bond acceptors (Lipinski definition) is 4. The molecule has 1 amide bonds. The number of carboxylic acids is 1. The molecule has 0 aromatic carbocycles. The fraction of sp³-hybridized carbons (Fsp3) is 0.800. The second-order valence-electron chi connectivity index (χ2n) is 4.00. The summed E-state index contributed by atoms with van der Waals surface area (Å²) in [5.41, 5.74) is 0. The van der Waals surface area contributed by atoms with E-state index in [1.807, 2.05) is 0 Å². The van der Waals surface area contributed by atoms with Crippen LogP contribution in [0.15, 0.2) is 0 Å². The highest BCUT2D eigenvalue weighted by atomic mass is 16.4. The standard InChI is InChI=1S/C5H7NO3.C5H11NO/c7-4-2-1-3(6-4)5(8)9;7-5-2-1-3-6-4-5/h3H,1-2H2,(H,6,7)(H,8,9);5-7H,1-4H2/t3-;5-/m00/s1. The van der Waals surface area contributed by atoms with E-state index in [9.17, 15) is 9.59 Å². The number of carbonyl (C=O) groups is 2. The highest BCUT2D eigenvalue weighted by Crippen LogP contribution is 2.05. The first kappa shape index (κ1) is 12.9. The second kappa shape index (κ2) is 6.44. The number of β-amino-alcohol motifs (C(OH)–C–C–N with tert-alkyl or cyclic N) is 1. The zero-order chi connectivity index (χ0) is 12.0. The van der Waals surface area contributed by atoms with Gasteiger partial charge >= 0.3 is 5.97 Å². The number of rotatable bonds is 1. The van der Waals surface area contributed by atoms with Crippen molar-refractivity contribution in [2.75, 3.05) is 13.1 Å². The first-order chi connectivity index (χ1) is 7.59. The van der Waals surface area contributed by atoms with Crippen LogP contribution in [-0.2, 0) is 9.59 Å². The second-order valence-corrected chi connectivity index (χ2v) is 4.00. The summed E-state index contributed by atoms with van der Waals surface area (Å²) in [4.78, 5) is 20.5. The smallest absolute Gasteiger partial charge is 0.326 e. The van der Waals surface area contributed by atoms with Crippen LogP contribution in [0, 0.1) is 0 Å². The van der Waals surface area contributed by atoms with Crippen molar-refractivity contribution in [1.29, 1.82) is 0 Å². The fourth-order valence-electron chi connectivity index (χ4n) is 1.63. The number of carboxylic acid groups (broad SMARTS) is 1. The summed E-state index contributed by atoms with van der Waals surface area (Å²) in [7, 11) is 0. The topological polar surface area (TPSA) is 98.7 Å². The lowest BCUT2D eigenvalue weighted by molar-refractivity contribution is -0.140. The van der Waals surface area contributed by atoms with Gasteiger partial charge in [-0.2, -0.15) is 0 Å². The molecule has 0 aromatic rings. The summed E-state index contributed by atoms with van der Waals surface area (Å²) < 4.78 is 0. The quantitative estimate of drug-likeness (QED) is 0.467. The van der Waals surface area contributed by atoms with Gasteiger partial charge in [-0.05, 0) is 25.8 Å². The molecule has 2 heterocycles. The van der Waals surface area contributed by atoms with Crippen LogP contribution in [0.4, 0.5) is 0 Å². The minimum Gasteiger partial charge on any atom is -0.480 e. The Morgan fingerprint density at radius 3 is 2.38 bits per heavy atom. The molecule has 2 atom stereocenters. The van der Waals surface area contributed by atoms with Crippen molar-refractivity contribution in [3.63, 3.8) is 0 Å². The van der Waals surface area contributed by atoms with Gasteiger partial charge in [0.25, 0.3) is 0 Å². The molecule has 6 heteroatoms. The Hall–Kier alpha value is -1.14. The molecule has 0 aliphatic carbocycles. The van der Waals surface area contributed by atoms with Crippen LogP contribution < -0.4 is 10.6 Å². The molecule has 2 aliphatic rings. The van der Waals surface area contributed by atoms with Gasteiger partial charge in [0.15, 0.2) is 0 Å². The zero-order valence-electron chi connectivity index (χ0n) is 9.11. The largest absolute Gasteiger partial charge is 0.480 e. The van der Waals surface area contributed by atoms with Gasteiger partial charge in [0.05, 0.1) is 6.10 Å². The van der Waals surface area contributed by atoms with Crippen LogP contribution in [-0.4, -0.2) is 47.3 Å². The molecule has 0 saturated carbocycles. The first-order valence-electron chi connectivity index (χ1n) is 5.50. The maximum atomic E-state index is 10.4. The third-order valence-electron chi connectivity index (χ3n) is 2.56. The highest BCUT2D eigenvalue weighted by Gasteiger charge is 2.26. The number of piperidine rings is 1. The molecule has 0 radical (unpaired) electrons. The SMILES string of the molecule is O=C1CC[C@@H](C(=O)O)N1.O[C@H]1CCCNC1. The van der Waals surface area contributed by atoms with E-state index in [0.717, 1.165) is 25.9 Å². The Balaban J connectivity index is 0.000000165. The monoisotopic (exact) mass is 230 g/mol. The molecule has 92 valence electrons. The summed E-state index contributed by atoms with van der Waals surface area (Å²) in [6.45, 7) is 1.87. The van der Waals surface area contributed by atoms with Gasteiger partial charge < -0.3 is 20.8 Å². The lowest BCUT2D eigenvalue weighted by atomic mass is 10.1. The number of aliphatic hydroxyl groups excluding tert-OH is 1.